The summed E-state index contributed by atoms with van der Waals surface area (Å²) in [6.45, 7) is 0. The Balaban J connectivity index is 1.10. The molecule has 238 valence electrons. The van der Waals surface area contributed by atoms with Crippen molar-refractivity contribution in [3.05, 3.63) is 198 Å². The number of fused-ring (bicyclic) bond motifs is 6. The lowest BCUT2D eigenvalue weighted by atomic mass is 9.84. The van der Waals surface area contributed by atoms with E-state index in [1.807, 2.05) is 0 Å². The van der Waals surface area contributed by atoms with E-state index < -0.39 is 0 Å². The van der Waals surface area contributed by atoms with Gasteiger partial charge in [-0.1, -0.05) is 115 Å². The number of allylic oxidation sites excluding steroid dienone is 8. The first-order valence-corrected chi connectivity index (χ1v) is 17.8. The lowest BCUT2D eigenvalue weighted by Gasteiger charge is -2.27. The van der Waals surface area contributed by atoms with Crippen LogP contribution in [0.25, 0.3) is 49.8 Å². The number of anilines is 2. The number of aromatic nitrogens is 1. The molecule has 1 atom stereocenters. The zero-order chi connectivity index (χ0) is 33.0. The minimum absolute atomic E-state index is 0.257. The van der Waals surface area contributed by atoms with Crippen molar-refractivity contribution in [1.82, 2.24) is 4.57 Å². The summed E-state index contributed by atoms with van der Waals surface area (Å²) in [4.78, 5) is 2.51. The quantitative estimate of drug-likeness (QED) is 0.182. The van der Waals surface area contributed by atoms with Gasteiger partial charge in [0.25, 0.3) is 0 Å². The van der Waals surface area contributed by atoms with Crippen LogP contribution in [-0.2, 0) is 0 Å². The van der Waals surface area contributed by atoms with Gasteiger partial charge in [0.15, 0.2) is 0 Å². The number of para-hydroxylation sites is 2. The molecular weight excluding hydrogens is 605 g/mol. The highest BCUT2D eigenvalue weighted by molar-refractivity contribution is 6.10. The van der Waals surface area contributed by atoms with E-state index in [4.69, 9.17) is 0 Å². The molecule has 1 aliphatic heterocycles. The fourth-order valence-corrected chi connectivity index (χ4v) is 8.36. The summed E-state index contributed by atoms with van der Waals surface area (Å²) >= 11 is 0. The van der Waals surface area contributed by atoms with Gasteiger partial charge in [0, 0.05) is 39.4 Å². The number of hydrogen-bond donors (Lipinski definition) is 0. The Kier molecular flexibility index (Phi) is 6.80. The van der Waals surface area contributed by atoms with E-state index in [2.05, 4.69) is 185 Å². The summed E-state index contributed by atoms with van der Waals surface area (Å²) in [6, 6.07) is 53.5. The molecule has 2 aliphatic carbocycles. The molecule has 0 saturated carbocycles. The number of benzene rings is 6. The molecule has 2 nitrogen and oxygen atoms in total. The Morgan fingerprint density at radius 2 is 1.28 bits per heavy atom. The summed E-state index contributed by atoms with van der Waals surface area (Å²) in [5, 5.41) is 2.58. The standard InChI is InChI=1S/C48H36N2/c1-4-13-33(14-5-1)35-17-12-20-40(29-35)50-47-26-23-36(34-15-6-2-7-16-34)30-43(47)44-32-38(25-28-48(44)50)37-24-27-46-42(31-37)41-21-10-11-22-45(41)49(46)39-18-8-3-9-19-39/h2-4,6-31,44H,1,5,32H2. The van der Waals surface area contributed by atoms with E-state index in [9.17, 15) is 0 Å². The SMILES string of the molecule is C1=CC(c2cccc(N3C4=CC=C(c5ccc6c(c5)c5ccccc5n6-c5ccccc5)CC4c4cc(-c5ccccc5)ccc43)c2)=CCC1. The molecule has 0 amide bonds. The van der Waals surface area contributed by atoms with Gasteiger partial charge in [0.2, 0.25) is 0 Å². The zero-order valence-electron chi connectivity index (χ0n) is 27.8. The minimum atomic E-state index is 0.257. The maximum Gasteiger partial charge on any atom is 0.0541 e. The van der Waals surface area contributed by atoms with E-state index >= 15 is 0 Å². The van der Waals surface area contributed by atoms with E-state index in [1.54, 1.807) is 0 Å². The minimum Gasteiger partial charge on any atom is -0.313 e. The van der Waals surface area contributed by atoms with E-state index in [0.29, 0.717) is 0 Å². The fraction of sp³-hybridized carbons (Fsp3) is 0.0833. The predicted molar refractivity (Wildman–Crippen MR) is 211 cm³/mol. The molecule has 3 aliphatic rings. The van der Waals surface area contributed by atoms with E-state index in [1.165, 1.54) is 83.5 Å². The number of nitrogens with zero attached hydrogens (tertiary/aromatic N) is 2. The van der Waals surface area contributed by atoms with Gasteiger partial charge in [0.1, 0.15) is 0 Å². The van der Waals surface area contributed by atoms with Crippen LogP contribution in [-0.4, -0.2) is 4.57 Å². The van der Waals surface area contributed by atoms with Gasteiger partial charge in [-0.2, -0.15) is 0 Å². The Labute approximate surface area is 293 Å². The average molecular weight is 641 g/mol. The van der Waals surface area contributed by atoms with Crippen molar-refractivity contribution in [1.29, 1.82) is 0 Å². The van der Waals surface area contributed by atoms with E-state index in [-0.39, 0.29) is 5.92 Å². The second kappa shape index (κ2) is 11.8. The molecule has 0 radical (unpaired) electrons. The van der Waals surface area contributed by atoms with Crippen molar-refractivity contribution in [2.75, 3.05) is 4.90 Å². The molecule has 0 fully saturated rings. The van der Waals surface area contributed by atoms with E-state index in [0.717, 1.165) is 19.3 Å². The predicted octanol–water partition coefficient (Wildman–Crippen LogP) is 12.8. The maximum atomic E-state index is 2.51. The highest BCUT2D eigenvalue weighted by Crippen LogP contribution is 2.54. The summed E-state index contributed by atoms with van der Waals surface area (Å²) < 4.78 is 2.39. The third-order valence-electron chi connectivity index (χ3n) is 10.7. The molecule has 6 aromatic carbocycles. The topological polar surface area (TPSA) is 8.17 Å². The average Bonchev–Trinajstić information content (AvgIpc) is 3.71. The van der Waals surface area contributed by atoms with Crippen LogP contribution in [0.2, 0.25) is 0 Å². The first-order chi connectivity index (χ1) is 24.8. The smallest absolute Gasteiger partial charge is 0.0541 e. The molecule has 10 rings (SSSR count). The van der Waals surface area contributed by atoms with Crippen LogP contribution in [0.3, 0.4) is 0 Å². The lowest BCUT2D eigenvalue weighted by molar-refractivity contribution is 0.832. The van der Waals surface area contributed by atoms with Gasteiger partial charge in [-0.15, -0.1) is 0 Å². The van der Waals surface area contributed by atoms with Crippen LogP contribution in [0, 0.1) is 0 Å². The summed E-state index contributed by atoms with van der Waals surface area (Å²) in [7, 11) is 0. The lowest BCUT2D eigenvalue weighted by Crippen LogP contribution is -2.15. The monoisotopic (exact) mass is 640 g/mol. The number of hydrogen-bond acceptors (Lipinski definition) is 1. The molecule has 0 saturated heterocycles. The summed E-state index contributed by atoms with van der Waals surface area (Å²) in [5.74, 6) is 0.257. The highest BCUT2D eigenvalue weighted by atomic mass is 15.2. The second-order valence-electron chi connectivity index (χ2n) is 13.6. The summed E-state index contributed by atoms with van der Waals surface area (Å²) in [6.07, 6.45) is 14.9. The Morgan fingerprint density at radius 1 is 0.520 bits per heavy atom. The first-order valence-electron chi connectivity index (χ1n) is 17.8. The molecule has 50 heavy (non-hydrogen) atoms. The van der Waals surface area contributed by atoms with Crippen molar-refractivity contribution < 1.29 is 0 Å². The van der Waals surface area contributed by atoms with Crippen molar-refractivity contribution in [2.24, 2.45) is 0 Å². The normalized spacial score (nSPS) is 16.6. The van der Waals surface area contributed by atoms with Crippen LogP contribution in [0.15, 0.2) is 182 Å². The Bertz CT molecular complexity index is 2560. The van der Waals surface area contributed by atoms with Crippen LogP contribution in [0.4, 0.5) is 11.4 Å². The molecule has 2 heteroatoms. The molecule has 0 N–H and O–H groups in total. The van der Waals surface area contributed by atoms with Crippen molar-refractivity contribution in [3.63, 3.8) is 0 Å². The van der Waals surface area contributed by atoms with Gasteiger partial charge >= 0.3 is 0 Å². The van der Waals surface area contributed by atoms with Crippen LogP contribution < -0.4 is 4.90 Å². The van der Waals surface area contributed by atoms with Crippen molar-refractivity contribution in [2.45, 2.75) is 25.2 Å². The third-order valence-corrected chi connectivity index (χ3v) is 10.7. The molecule has 0 bridgehead atoms. The highest BCUT2D eigenvalue weighted by Gasteiger charge is 2.37. The van der Waals surface area contributed by atoms with Crippen LogP contribution in [0.1, 0.15) is 41.9 Å². The van der Waals surface area contributed by atoms with Gasteiger partial charge in [-0.3, -0.25) is 0 Å². The molecule has 7 aromatic rings. The van der Waals surface area contributed by atoms with Crippen molar-refractivity contribution >= 4 is 44.3 Å². The molecular formula is C48H36N2. The molecule has 1 unspecified atom stereocenters. The molecule has 0 spiro atoms. The number of rotatable bonds is 5. The van der Waals surface area contributed by atoms with Gasteiger partial charge in [-0.05, 0) is 119 Å². The molecule has 1 aromatic heterocycles. The Morgan fingerprint density at radius 3 is 2.14 bits per heavy atom. The van der Waals surface area contributed by atoms with Gasteiger partial charge in [0.05, 0.1) is 11.0 Å². The van der Waals surface area contributed by atoms with Crippen LogP contribution >= 0.6 is 0 Å². The summed E-state index contributed by atoms with van der Waals surface area (Å²) in [5.41, 5.74) is 16.7. The first kappa shape index (κ1) is 28.9. The maximum absolute atomic E-state index is 2.51. The molecule has 2 heterocycles. The van der Waals surface area contributed by atoms with Crippen molar-refractivity contribution in [3.8, 4) is 16.8 Å². The largest absolute Gasteiger partial charge is 0.313 e. The zero-order valence-corrected chi connectivity index (χ0v) is 27.8. The third kappa shape index (κ3) is 4.71. The van der Waals surface area contributed by atoms with Gasteiger partial charge < -0.3 is 9.47 Å². The second-order valence-corrected chi connectivity index (χ2v) is 13.6. The van der Waals surface area contributed by atoms with Crippen LogP contribution in [0.5, 0.6) is 0 Å². The Hall–Kier alpha value is -6.12. The van der Waals surface area contributed by atoms with Gasteiger partial charge in [-0.25, -0.2) is 0 Å². The fourth-order valence-electron chi connectivity index (χ4n) is 8.36.